The Morgan fingerprint density at radius 3 is 2.81 bits per heavy atom. The molecule has 0 aliphatic heterocycles. The number of nitriles is 1. The molecule has 0 bridgehead atoms. The summed E-state index contributed by atoms with van der Waals surface area (Å²) >= 11 is 1.40. The summed E-state index contributed by atoms with van der Waals surface area (Å²) in [6.07, 6.45) is 3.50. The molecule has 1 aromatic carbocycles. The van der Waals surface area contributed by atoms with E-state index in [9.17, 15) is 5.26 Å². The van der Waals surface area contributed by atoms with Crippen LogP contribution >= 0.6 is 11.8 Å². The number of nitrogens with one attached hydrogen (secondary N) is 1. The molecule has 0 atom stereocenters. The van der Waals surface area contributed by atoms with Gasteiger partial charge in [0, 0.05) is 6.07 Å². The molecule has 0 unspecified atom stereocenters. The topological polar surface area (TPSA) is 75.2 Å². The maximum atomic E-state index is 9.38. The average molecular weight is 297 g/mol. The molecule has 21 heavy (non-hydrogen) atoms. The van der Waals surface area contributed by atoms with Crippen LogP contribution in [-0.4, -0.2) is 20.9 Å². The van der Waals surface area contributed by atoms with Crippen LogP contribution in [0.2, 0.25) is 0 Å². The highest BCUT2D eigenvalue weighted by Crippen LogP contribution is 2.26. The van der Waals surface area contributed by atoms with E-state index < -0.39 is 0 Å². The summed E-state index contributed by atoms with van der Waals surface area (Å²) in [6.45, 7) is 0. The van der Waals surface area contributed by atoms with E-state index in [-0.39, 0.29) is 0 Å². The molecule has 2 aromatic heterocycles. The lowest BCUT2D eigenvalue weighted by molar-refractivity contribution is 0.399. The van der Waals surface area contributed by atoms with Gasteiger partial charge in [0.25, 0.3) is 0 Å². The second kappa shape index (κ2) is 5.73. The van der Waals surface area contributed by atoms with Gasteiger partial charge in [0.2, 0.25) is 0 Å². The molecule has 2 heterocycles. The van der Waals surface area contributed by atoms with Crippen molar-refractivity contribution in [1.29, 1.82) is 5.26 Å². The van der Waals surface area contributed by atoms with E-state index in [2.05, 4.69) is 21.6 Å². The Hall–Kier alpha value is -2.72. The van der Waals surface area contributed by atoms with Crippen LogP contribution in [0, 0.1) is 11.3 Å². The predicted molar refractivity (Wildman–Crippen MR) is 80.2 cm³/mol. The Labute approximate surface area is 125 Å². The van der Waals surface area contributed by atoms with Gasteiger partial charge in [-0.25, -0.2) is 10.5 Å². The smallest absolute Gasteiger partial charge is 0.184 e. The first kappa shape index (κ1) is 13.3. The highest BCUT2D eigenvalue weighted by molar-refractivity contribution is 7.98. The zero-order valence-electron chi connectivity index (χ0n) is 11.1. The van der Waals surface area contributed by atoms with Gasteiger partial charge in [-0.1, -0.05) is 18.2 Å². The van der Waals surface area contributed by atoms with Gasteiger partial charge in [0.1, 0.15) is 16.7 Å². The van der Waals surface area contributed by atoms with Crippen molar-refractivity contribution in [3.05, 3.63) is 48.2 Å². The van der Waals surface area contributed by atoms with Gasteiger partial charge in [0.05, 0.1) is 6.20 Å². The molecular weight excluding hydrogens is 286 g/mol. The van der Waals surface area contributed by atoms with Crippen LogP contribution in [0.25, 0.3) is 5.65 Å². The lowest BCUT2D eigenvalue weighted by Crippen LogP contribution is -2.12. The Bertz CT molecular complexity index is 809. The third-order valence-corrected chi connectivity index (χ3v) is 3.50. The quantitative estimate of drug-likeness (QED) is 0.453. The lowest BCUT2D eigenvalue weighted by atomic mass is 10.3. The maximum Gasteiger partial charge on any atom is 0.184 e. The van der Waals surface area contributed by atoms with Crippen molar-refractivity contribution in [2.75, 3.05) is 11.7 Å². The van der Waals surface area contributed by atoms with Crippen LogP contribution in [0.15, 0.2) is 47.6 Å². The number of fused-ring (bicyclic) bond motifs is 1. The van der Waals surface area contributed by atoms with Crippen molar-refractivity contribution in [2.45, 2.75) is 5.03 Å². The van der Waals surface area contributed by atoms with Gasteiger partial charge >= 0.3 is 0 Å². The van der Waals surface area contributed by atoms with Crippen molar-refractivity contribution in [2.24, 2.45) is 0 Å². The van der Waals surface area contributed by atoms with E-state index in [4.69, 9.17) is 4.84 Å². The van der Waals surface area contributed by atoms with Crippen LogP contribution in [0.1, 0.15) is 5.56 Å². The third kappa shape index (κ3) is 2.49. The molecule has 0 spiro atoms. The predicted octanol–water partition coefficient (Wildman–Crippen LogP) is 2.73. The number of hydrogen-bond acceptors (Lipinski definition) is 6. The molecule has 0 saturated carbocycles. The molecule has 0 saturated heterocycles. The summed E-state index contributed by atoms with van der Waals surface area (Å²) in [5.74, 6) is 1.10. The fraction of sp³-hybridized carbons (Fsp3) is 0.0714. The minimum absolute atomic E-state index is 0.398. The van der Waals surface area contributed by atoms with Crippen LogP contribution in [0.4, 0.5) is 5.82 Å². The summed E-state index contributed by atoms with van der Waals surface area (Å²) in [6, 6.07) is 13.2. The second-order valence-corrected chi connectivity index (χ2v) is 4.87. The van der Waals surface area contributed by atoms with Crippen molar-refractivity contribution >= 4 is 23.2 Å². The molecule has 6 nitrogen and oxygen atoms in total. The Kier molecular flexibility index (Phi) is 3.62. The number of benzene rings is 1. The van der Waals surface area contributed by atoms with Gasteiger partial charge in [-0.3, -0.25) is 0 Å². The summed E-state index contributed by atoms with van der Waals surface area (Å²) in [5, 5.41) is 14.2. The molecule has 0 fully saturated rings. The SMILES string of the molecule is CSc1nc2ccnn2c(NOc2ccccc2)c1C#N. The molecule has 0 radical (unpaired) electrons. The maximum absolute atomic E-state index is 9.38. The van der Waals surface area contributed by atoms with Gasteiger partial charge in [-0.15, -0.1) is 11.8 Å². The molecule has 0 amide bonds. The van der Waals surface area contributed by atoms with Crippen molar-refractivity contribution in [3.8, 4) is 11.8 Å². The van der Waals surface area contributed by atoms with Crippen LogP contribution in [0.3, 0.4) is 0 Å². The zero-order chi connectivity index (χ0) is 14.7. The summed E-state index contributed by atoms with van der Waals surface area (Å²) in [7, 11) is 0. The fourth-order valence-electron chi connectivity index (χ4n) is 1.86. The van der Waals surface area contributed by atoms with Crippen molar-refractivity contribution in [1.82, 2.24) is 14.6 Å². The zero-order valence-corrected chi connectivity index (χ0v) is 12.0. The molecule has 0 aliphatic rings. The largest absolute Gasteiger partial charge is 0.381 e. The number of para-hydroxylation sites is 1. The minimum atomic E-state index is 0.398. The van der Waals surface area contributed by atoms with Crippen molar-refractivity contribution < 1.29 is 4.84 Å². The van der Waals surface area contributed by atoms with Gasteiger partial charge < -0.3 is 4.84 Å². The molecular formula is C14H11N5OS. The fourth-order valence-corrected chi connectivity index (χ4v) is 2.39. The normalized spacial score (nSPS) is 10.3. The van der Waals surface area contributed by atoms with E-state index in [0.717, 1.165) is 0 Å². The Morgan fingerprint density at radius 1 is 1.29 bits per heavy atom. The number of rotatable bonds is 4. The van der Waals surface area contributed by atoms with Crippen molar-refractivity contribution in [3.63, 3.8) is 0 Å². The summed E-state index contributed by atoms with van der Waals surface area (Å²) in [5.41, 5.74) is 3.86. The Morgan fingerprint density at radius 2 is 2.10 bits per heavy atom. The van der Waals surface area contributed by atoms with E-state index >= 15 is 0 Å². The third-order valence-electron chi connectivity index (χ3n) is 2.82. The summed E-state index contributed by atoms with van der Waals surface area (Å²) in [4.78, 5) is 9.90. The number of thioether (sulfide) groups is 1. The number of aromatic nitrogens is 3. The first-order valence-corrected chi connectivity index (χ1v) is 7.35. The molecule has 1 N–H and O–H groups in total. The van der Waals surface area contributed by atoms with Gasteiger partial charge in [0.15, 0.2) is 17.2 Å². The number of nitrogens with zero attached hydrogens (tertiary/aromatic N) is 4. The molecule has 3 aromatic rings. The van der Waals surface area contributed by atoms with Crippen LogP contribution in [-0.2, 0) is 0 Å². The van der Waals surface area contributed by atoms with E-state index in [1.807, 2.05) is 36.6 Å². The van der Waals surface area contributed by atoms with Crippen LogP contribution < -0.4 is 10.3 Å². The molecule has 104 valence electrons. The number of hydrogen-bond donors (Lipinski definition) is 1. The highest BCUT2D eigenvalue weighted by Gasteiger charge is 2.15. The second-order valence-electron chi connectivity index (χ2n) is 4.07. The lowest BCUT2D eigenvalue weighted by Gasteiger charge is -2.12. The molecule has 3 rings (SSSR count). The summed E-state index contributed by atoms with van der Waals surface area (Å²) < 4.78 is 1.54. The van der Waals surface area contributed by atoms with E-state index in [1.54, 1.807) is 16.8 Å². The van der Waals surface area contributed by atoms with Crippen LogP contribution in [0.5, 0.6) is 5.75 Å². The first-order valence-electron chi connectivity index (χ1n) is 6.13. The van der Waals surface area contributed by atoms with E-state index in [0.29, 0.717) is 27.8 Å². The average Bonchev–Trinajstić information content (AvgIpc) is 3.00. The monoisotopic (exact) mass is 297 g/mol. The first-order chi connectivity index (χ1) is 10.3. The standard InChI is InChI=1S/C14H11N5OS/c1-21-14-11(9-15)13(19-12(17-14)7-8-16-19)18-20-10-5-3-2-4-6-10/h2-8,18H,1H3. The highest BCUT2D eigenvalue weighted by atomic mass is 32.2. The minimum Gasteiger partial charge on any atom is -0.381 e. The molecule has 0 aliphatic carbocycles. The van der Waals surface area contributed by atoms with Gasteiger partial charge in [-0.2, -0.15) is 14.9 Å². The van der Waals surface area contributed by atoms with E-state index in [1.165, 1.54) is 11.8 Å². The Balaban J connectivity index is 2.03. The van der Waals surface area contributed by atoms with Gasteiger partial charge in [-0.05, 0) is 18.4 Å². The molecule has 7 heteroatoms. The number of anilines is 1.